The maximum Gasteiger partial charge on any atom is 0.244 e. The van der Waals surface area contributed by atoms with E-state index in [-0.39, 0.29) is 17.2 Å². The number of hydrogen-bond acceptors (Lipinski definition) is 3. The number of amides is 1. The molecule has 0 unspecified atom stereocenters. The summed E-state index contributed by atoms with van der Waals surface area (Å²) in [5, 5.41) is 14.8. The van der Waals surface area contributed by atoms with Crippen LogP contribution in [-0.4, -0.2) is 16.7 Å². The summed E-state index contributed by atoms with van der Waals surface area (Å²) in [5.74, 6) is 0.687. The molecule has 2 fully saturated rings. The van der Waals surface area contributed by atoms with Crippen molar-refractivity contribution in [3.63, 3.8) is 0 Å². The number of nitrogens with one attached hydrogen (secondary N) is 1. The zero-order chi connectivity index (χ0) is 21.4. The number of carbonyl (C=O) groups excluding carboxylic acids is 1. The van der Waals surface area contributed by atoms with Gasteiger partial charge in [0.15, 0.2) is 0 Å². The van der Waals surface area contributed by atoms with Crippen LogP contribution in [0.5, 0.6) is 0 Å². The maximum atomic E-state index is 12.7. The molecule has 0 aliphatic heterocycles. The quantitative estimate of drug-likeness (QED) is 0.483. The van der Waals surface area contributed by atoms with Gasteiger partial charge in [-0.25, -0.2) is 5.43 Å². The molecule has 1 aromatic heterocycles. The average molecular weight is 411 g/mol. The van der Waals surface area contributed by atoms with Crippen LogP contribution in [0, 0.1) is 28.6 Å². The maximum absolute atomic E-state index is 12.7. The van der Waals surface area contributed by atoms with Crippen LogP contribution < -0.4 is 5.43 Å². The summed E-state index contributed by atoms with van der Waals surface area (Å²) in [6.07, 6.45) is 8.55. The van der Waals surface area contributed by atoms with E-state index < -0.39 is 0 Å². The van der Waals surface area contributed by atoms with Gasteiger partial charge in [0.25, 0.3) is 0 Å². The Labute approximate surface area is 182 Å². The molecule has 0 bridgehead atoms. The van der Waals surface area contributed by atoms with Gasteiger partial charge in [-0.1, -0.05) is 56.2 Å². The number of hydrogen-bond donors (Lipinski definition) is 1. The molecule has 5 nitrogen and oxygen atoms in total. The summed E-state index contributed by atoms with van der Waals surface area (Å²) in [4.78, 5) is 12.7. The van der Waals surface area contributed by atoms with E-state index in [9.17, 15) is 10.1 Å². The van der Waals surface area contributed by atoms with Crippen molar-refractivity contribution in [3.05, 3.63) is 71.4 Å². The molecule has 3 aromatic rings. The number of fused-ring (bicyclic) bond motifs is 2. The van der Waals surface area contributed by atoms with E-state index in [1.165, 1.54) is 12.8 Å². The SMILES string of the molecule is C[C@@]12CCCC[C@H]1[C@@H]2C(=O)N/N=C\c1cn(Cc2ccccc2C#N)c2ccccc12. The van der Waals surface area contributed by atoms with Crippen molar-refractivity contribution in [3.8, 4) is 6.07 Å². The fourth-order valence-corrected chi connectivity index (χ4v) is 5.55. The lowest BCUT2D eigenvalue weighted by Gasteiger charge is -2.15. The molecule has 1 heterocycles. The second kappa shape index (κ2) is 7.70. The Kier molecular flexibility index (Phi) is 4.86. The van der Waals surface area contributed by atoms with E-state index in [0.717, 1.165) is 34.9 Å². The predicted octanol–water partition coefficient (Wildman–Crippen LogP) is 4.84. The summed E-state index contributed by atoms with van der Waals surface area (Å²) in [6, 6.07) is 18.1. The van der Waals surface area contributed by atoms with Crippen LogP contribution in [0.25, 0.3) is 10.9 Å². The van der Waals surface area contributed by atoms with E-state index in [2.05, 4.69) is 40.2 Å². The highest BCUT2D eigenvalue weighted by Gasteiger charge is 2.64. The van der Waals surface area contributed by atoms with Crippen molar-refractivity contribution < 1.29 is 4.79 Å². The van der Waals surface area contributed by atoms with Gasteiger partial charge in [-0.15, -0.1) is 0 Å². The standard InChI is InChI=1S/C26H26N4O/c1-26-13-7-6-11-22(26)24(26)25(31)29-28-15-20-17-30(23-12-5-4-10-21(20)23)16-19-9-3-2-8-18(19)14-27/h2-5,8-10,12,15,17,22,24H,6-7,11,13,16H2,1H3,(H,29,31)/b28-15-/t22-,24+,26+/m0/s1. The normalized spacial score (nSPS) is 24.6. The molecule has 2 saturated carbocycles. The number of carbonyl (C=O) groups is 1. The topological polar surface area (TPSA) is 70.2 Å². The summed E-state index contributed by atoms with van der Waals surface area (Å²) >= 11 is 0. The Morgan fingerprint density at radius 1 is 1.26 bits per heavy atom. The molecule has 2 aliphatic rings. The molecule has 5 rings (SSSR count). The summed E-state index contributed by atoms with van der Waals surface area (Å²) in [5.41, 5.74) is 6.66. The van der Waals surface area contributed by atoms with E-state index >= 15 is 0 Å². The Balaban J connectivity index is 1.36. The first kappa shape index (κ1) is 19.6. The molecule has 0 spiro atoms. The van der Waals surface area contributed by atoms with E-state index in [4.69, 9.17) is 0 Å². The van der Waals surface area contributed by atoms with Gasteiger partial charge in [0.1, 0.15) is 0 Å². The van der Waals surface area contributed by atoms with Crippen LogP contribution in [0.15, 0.2) is 59.8 Å². The molecule has 5 heteroatoms. The molecule has 0 radical (unpaired) electrons. The average Bonchev–Trinajstić information content (AvgIpc) is 3.29. The highest BCUT2D eigenvalue weighted by Crippen LogP contribution is 2.66. The van der Waals surface area contributed by atoms with Crippen LogP contribution in [0.2, 0.25) is 0 Å². The van der Waals surface area contributed by atoms with Crippen LogP contribution >= 0.6 is 0 Å². The van der Waals surface area contributed by atoms with Gasteiger partial charge in [0.05, 0.1) is 17.8 Å². The molecule has 156 valence electrons. The summed E-state index contributed by atoms with van der Waals surface area (Å²) in [6.45, 7) is 2.85. The Bertz CT molecular complexity index is 1220. The minimum Gasteiger partial charge on any atom is -0.342 e. The Morgan fingerprint density at radius 3 is 2.87 bits per heavy atom. The molecule has 2 aliphatic carbocycles. The lowest BCUT2D eigenvalue weighted by atomic mass is 9.90. The van der Waals surface area contributed by atoms with Gasteiger partial charge < -0.3 is 4.57 Å². The molecule has 0 saturated heterocycles. The van der Waals surface area contributed by atoms with Crippen LogP contribution in [0.1, 0.15) is 49.3 Å². The van der Waals surface area contributed by atoms with Crippen molar-refractivity contribution in [1.29, 1.82) is 5.26 Å². The van der Waals surface area contributed by atoms with Crippen molar-refractivity contribution in [2.24, 2.45) is 22.4 Å². The lowest BCUT2D eigenvalue weighted by molar-refractivity contribution is -0.123. The Hall–Kier alpha value is -3.39. The molecule has 31 heavy (non-hydrogen) atoms. The number of benzene rings is 2. The highest BCUT2D eigenvalue weighted by atomic mass is 16.2. The number of para-hydroxylation sites is 1. The number of aromatic nitrogens is 1. The summed E-state index contributed by atoms with van der Waals surface area (Å²) < 4.78 is 2.13. The van der Waals surface area contributed by atoms with Crippen LogP contribution in [0.3, 0.4) is 0 Å². The van der Waals surface area contributed by atoms with Crippen LogP contribution in [0.4, 0.5) is 0 Å². The van der Waals surface area contributed by atoms with E-state index in [0.29, 0.717) is 18.0 Å². The van der Waals surface area contributed by atoms with Gasteiger partial charge in [0, 0.05) is 35.1 Å². The minimum atomic E-state index is 0.0531. The zero-order valence-corrected chi connectivity index (χ0v) is 17.7. The minimum absolute atomic E-state index is 0.0531. The zero-order valence-electron chi connectivity index (χ0n) is 17.7. The smallest absolute Gasteiger partial charge is 0.244 e. The van der Waals surface area contributed by atoms with Gasteiger partial charge in [-0.2, -0.15) is 10.4 Å². The molecule has 1 N–H and O–H groups in total. The van der Waals surface area contributed by atoms with Gasteiger partial charge in [-0.3, -0.25) is 4.79 Å². The predicted molar refractivity (Wildman–Crippen MR) is 121 cm³/mol. The number of rotatable bonds is 5. The van der Waals surface area contributed by atoms with Gasteiger partial charge in [0.2, 0.25) is 5.91 Å². The second-order valence-corrected chi connectivity index (χ2v) is 9.07. The second-order valence-electron chi connectivity index (χ2n) is 9.07. The summed E-state index contributed by atoms with van der Waals surface area (Å²) in [7, 11) is 0. The number of nitriles is 1. The monoisotopic (exact) mass is 410 g/mol. The van der Waals surface area contributed by atoms with Crippen LogP contribution in [-0.2, 0) is 11.3 Å². The number of nitrogens with zero attached hydrogens (tertiary/aromatic N) is 3. The molecular weight excluding hydrogens is 384 g/mol. The fourth-order valence-electron chi connectivity index (χ4n) is 5.55. The molecule has 1 amide bonds. The largest absolute Gasteiger partial charge is 0.342 e. The van der Waals surface area contributed by atoms with Crippen molar-refractivity contribution >= 4 is 23.0 Å². The third kappa shape index (κ3) is 3.42. The third-order valence-corrected chi connectivity index (χ3v) is 7.29. The van der Waals surface area contributed by atoms with Crippen molar-refractivity contribution in [2.75, 3.05) is 0 Å². The van der Waals surface area contributed by atoms with Crippen molar-refractivity contribution in [2.45, 2.75) is 39.2 Å². The first-order chi connectivity index (χ1) is 15.1. The molecule has 2 aromatic carbocycles. The fraction of sp³-hybridized carbons (Fsp3) is 0.346. The Morgan fingerprint density at radius 2 is 2.06 bits per heavy atom. The highest BCUT2D eigenvalue weighted by molar-refractivity contribution is 5.99. The van der Waals surface area contributed by atoms with Gasteiger partial charge in [-0.05, 0) is 41.9 Å². The number of hydrazone groups is 1. The lowest BCUT2D eigenvalue weighted by Crippen LogP contribution is -2.22. The third-order valence-electron chi connectivity index (χ3n) is 7.29. The van der Waals surface area contributed by atoms with E-state index in [1.54, 1.807) is 6.21 Å². The van der Waals surface area contributed by atoms with Gasteiger partial charge >= 0.3 is 0 Å². The molecule has 3 atom stereocenters. The molecular formula is C26H26N4O. The van der Waals surface area contributed by atoms with E-state index in [1.807, 2.05) is 42.6 Å². The first-order valence-electron chi connectivity index (χ1n) is 11.0. The first-order valence-corrected chi connectivity index (χ1v) is 11.0. The van der Waals surface area contributed by atoms with Crippen molar-refractivity contribution in [1.82, 2.24) is 9.99 Å².